The molecule has 5 atom stereocenters. The molecule has 5 nitrogen and oxygen atoms in total. The van der Waals surface area contributed by atoms with Gasteiger partial charge in [-0.2, -0.15) is 0 Å². The predicted octanol–water partition coefficient (Wildman–Crippen LogP) is 3.62. The molecule has 1 heterocycles. The first-order valence-electron chi connectivity index (χ1n) is 10.1. The average molecular weight is 357 g/mol. The van der Waals surface area contributed by atoms with Gasteiger partial charge in [0.2, 0.25) is 0 Å². The van der Waals surface area contributed by atoms with Gasteiger partial charge in [0.1, 0.15) is 6.10 Å². The van der Waals surface area contributed by atoms with Gasteiger partial charge in [0.05, 0.1) is 11.6 Å². The van der Waals surface area contributed by atoms with Gasteiger partial charge in [-0.05, 0) is 48.9 Å². The van der Waals surface area contributed by atoms with E-state index < -0.39 is 6.09 Å². The van der Waals surface area contributed by atoms with Crippen LogP contribution >= 0.6 is 0 Å². The van der Waals surface area contributed by atoms with Crippen LogP contribution in [0, 0.1) is 22.7 Å². The van der Waals surface area contributed by atoms with Gasteiger partial charge in [0, 0.05) is 12.3 Å². The molecule has 0 spiro atoms. The fourth-order valence-corrected chi connectivity index (χ4v) is 6.84. The van der Waals surface area contributed by atoms with Gasteiger partial charge in [0.25, 0.3) is 5.91 Å². The third kappa shape index (κ3) is 1.75. The van der Waals surface area contributed by atoms with Crippen LogP contribution in [0.1, 0.15) is 65.7 Å². The minimum absolute atomic E-state index is 0.0203. The summed E-state index contributed by atoms with van der Waals surface area (Å²) in [4.78, 5) is 40.1. The summed E-state index contributed by atoms with van der Waals surface area (Å²) in [5.41, 5.74) is 1.20. The van der Waals surface area contributed by atoms with Crippen molar-refractivity contribution in [1.82, 2.24) is 4.90 Å². The monoisotopic (exact) mass is 357 g/mol. The van der Waals surface area contributed by atoms with Gasteiger partial charge in [0.15, 0.2) is 5.78 Å². The lowest BCUT2D eigenvalue weighted by molar-refractivity contribution is -0.129. The summed E-state index contributed by atoms with van der Waals surface area (Å²) in [6.45, 7) is 6.66. The number of rotatable bonds is 1. The van der Waals surface area contributed by atoms with E-state index in [-0.39, 0.29) is 40.6 Å². The van der Waals surface area contributed by atoms with Gasteiger partial charge in [-0.1, -0.05) is 32.8 Å². The normalized spacial score (nSPS) is 43.0. The van der Waals surface area contributed by atoms with E-state index in [1.807, 2.05) is 0 Å². The highest BCUT2D eigenvalue weighted by Gasteiger charge is 2.73. The van der Waals surface area contributed by atoms with E-state index in [1.165, 1.54) is 4.90 Å². The second-order valence-electron chi connectivity index (χ2n) is 9.72. The topological polar surface area (TPSA) is 63.7 Å². The Labute approximate surface area is 154 Å². The molecule has 1 unspecified atom stereocenters. The Morgan fingerprint density at radius 3 is 2.69 bits per heavy atom. The molecule has 1 aliphatic heterocycles. The van der Waals surface area contributed by atoms with E-state index in [2.05, 4.69) is 20.8 Å². The molecule has 5 aliphatic rings. The van der Waals surface area contributed by atoms with Crippen LogP contribution < -0.4 is 0 Å². The van der Waals surface area contributed by atoms with Crippen LogP contribution in [0.25, 0.3) is 0 Å². The van der Waals surface area contributed by atoms with Gasteiger partial charge in [-0.25, -0.2) is 9.69 Å². The fourth-order valence-electron chi connectivity index (χ4n) is 6.84. The van der Waals surface area contributed by atoms with Crippen molar-refractivity contribution >= 4 is 17.8 Å². The molecular weight excluding hydrogens is 330 g/mol. The van der Waals surface area contributed by atoms with Crippen LogP contribution in [0.15, 0.2) is 11.1 Å². The van der Waals surface area contributed by atoms with E-state index in [4.69, 9.17) is 4.74 Å². The van der Waals surface area contributed by atoms with Crippen molar-refractivity contribution < 1.29 is 19.1 Å². The predicted molar refractivity (Wildman–Crippen MR) is 94.1 cm³/mol. The number of imide groups is 1. The molecule has 140 valence electrons. The number of hydrogen-bond acceptors (Lipinski definition) is 4. The van der Waals surface area contributed by atoms with Crippen LogP contribution in [0.5, 0.6) is 0 Å². The lowest BCUT2D eigenvalue weighted by atomic mass is 9.69. The number of ketones is 1. The maximum atomic E-state index is 13.4. The van der Waals surface area contributed by atoms with E-state index in [1.54, 1.807) is 0 Å². The first-order chi connectivity index (χ1) is 12.3. The van der Waals surface area contributed by atoms with Crippen LogP contribution in [0.3, 0.4) is 0 Å². The number of carbonyl (C=O) groups is 3. The van der Waals surface area contributed by atoms with Crippen molar-refractivity contribution in [3.8, 4) is 0 Å². The summed E-state index contributed by atoms with van der Waals surface area (Å²) in [5, 5.41) is 0. The SMILES string of the molecule is CC1(C)[C@@H]2CC[C@@]1(C)[C@H]1[C@@H]2OC(=O)N1C(=O)C1=C2CCCCC2CC1=O. The number of fused-ring (bicyclic) bond motifs is 6. The molecule has 5 heteroatoms. The summed E-state index contributed by atoms with van der Waals surface area (Å²) in [6, 6.07) is -0.236. The van der Waals surface area contributed by atoms with Crippen molar-refractivity contribution in [2.24, 2.45) is 22.7 Å². The number of ether oxygens (including phenoxy) is 1. The van der Waals surface area contributed by atoms with E-state index in [0.717, 1.165) is 44.1 Å². The molecule has 2 bridgehead atoms. The molecule has 2 amide bonds. The maximum absolute atomic E-state index is 13.4. The molecule has 4 aliphatic carbocycles. The molecule has 0 aromatic rings. The molecule has 4 fully saturated rings. The van der Waals surface area contributed by atoms with E-state index in [0.29, 0.717) is 17.9 Å². The Balaban J connectivity index is 1.55. The number of amides is 2. The molecule has 5 rings (SSSR count). The molecule has 26 heavy (non-hydrogen) atoms. The second-order valence-corrected chi connectivity index (χ2v) is 9.72. The van der Waals surface area contributed by atoms with Gasteiger partial charge >= 0.3 is 6.09 Å². The summed E-state index contributed by atoms with van der Waals surface area (Å²) in [5.74, 6) is 0.0625. The first kappa shape index (κ1) is 16.5. The largest absolute Gasteiger partial charge is 0.443 e. The van der Waals surface area contributed by atoms with Crippen molar-refractivity contribution in [3.63, 3.8) is 0 Å². The highest BCUT2D eigenvalue weighted by Crippen LogP contribution is 2.68. The maximum Gasteiger partial charge on any atom is 0.417 e. The minimum atomic E-state index is -0.543. The summed E-state index contributed by atoms with van der Waals surface area (Å²) in [7, 11) is 0. The minimum Gasteiger partial charge on any atom is -0.443 e. The summed E-state index contributed by atoms with van der Waals surface area (Å²) in [6.07, 6.45) is 5.67. The summed E-state index contributed by atoms with van der Waals surface area (Å²) < 4.78 is 5.72. The highest BCUT2D eigenvalue weighted by atomic mass is 16.6. The van der Waals surface area contributed by atoms with Crippen LogP contribution in [0.2, 0.25) is 0 Å². The lowest BCUT2D eigenvalue weighted by Crippen LogP contribution is -2.51. The quantitative estimate of drug-likeness (QED) is 0.673. The van der Waals surface area contributed by atoms with Crippen molar-refractivity contribution in [3.05, 3.63) is 11.1 Å². The molecular formula is C21H27NO4. The number of hydrogen-bond donors (Lipinski definition) is 0. The van der Waals surface area contributed by atoms with Gasteiger partial charge in [-0.3, -0.25) is 9.59 Å². The Hall–Kier alpha value is -1.65. The molecule has 0 aromatic heterocycles. The molecule has 0 aromatic carbocycles. The first-order valence-corrected chi connectivity index (χ1v) is 10.1. The smallest absolute Gasteiger partial charge is 0.417 e. The van der Waals surface area contributed by atoms with Crippen LogP contribution in [-0.4, -0.2) is 34.8 Å². The number of Topliss-reactive ketones (excluding diaryl/α,β-unsaturated/α-hetero) is 1. The van der Waals surface area contributed by atoms with Crippen LogP contribution in [0.4, 0.5) is 4.79 Å². The molecule has 3 saturated carbocycles. The molecule has 0 N–H and O–H groups in total. The van der Waals surface area contributed by atoms with Gasteiger partial charge in [-0.15, -0.1) is 0 Å². The third-order valence-corrected chi connectivity index (χ3v) is 8.65. The van der Waals surface area contributed by atoms with Crippen molar-refractivity contribution in [2.45, 2.75) is 77.9 Å². The van der Waals surface area contributed by atoms with E-state index in [9.17, 15) is 14.4 Å². The number of carbonyl (C=O) groups excluding carboxylic acids is 3. The summed E-state index contributed by atoms with van der Waals surface area (Å²) >= 11 is 0. The Kier molecular flexibility index (Phi) is 3.17. The Morgan fingerprint density at radius 1 is 1.15 bits per heavy atom. The highest BCUT2D eigenvalue weighted by molar-refractivity contribution is 6.24. The molecule has 1 saturated heterocycles. The standard InChI is InChI=1S/C21H27NO4/c1-20(2)13-8-9-21(20,3)17-16(13)26-19(25)22(17)18(24)15-12-7-5-4-6-11(12)10-14(15)23/h11,13,16-17H,4-10H2,1-3H3/t11?,13-,16-,17-,21+/m1/s1. The zero-order chi connectivity index (χ0) is 18.4. The van der Waals surface area contributed by atoms with Gasteiger partial charge < -0.3 is 4.74 Å². The molecule has 0 radical (unpaired) electrons. The van der Waals surface area contributed by atoms with Crippen molar-refractivity contribution in [2.75, 3.05) is 0 Å². The third-order valence-electron chi connectivity index (χ3n) is 8.65. The average Bonchev–Trinajstić information content (AvgIpc) is 3.21. The zero-order valence-corrected chi connectivity index (χ0v) is 15.8. The lowest BCUT2D eigenvalue weighted by Gasteiger charge is -2.40. The van der Waals surface area contributed by atoms with Crippen molar-refractivity contribution in [1.29, 1.82) is 0 Å². The Morgan fingerprint density at radius 2 is 1.92 bits per heavy atom. The zero-order valence-electron chi connectivity index (χ0n) is 15.8. The van der Waals surface area contributed by atoms with Crippen LogP contribution in [-0.2, 0) is 14.3 Å². The second kappa shape index (κ2) is 4.99. The van der Waals surface area contributed by atoms with E-state index >= 15 is 0 Å². The fraction of sp³-hybridized carbons (Fsp3) is 0.762. The number of allylic oxidation sites excluding steroid dienone is 1. The Bertz CT molecular complexity index is 766. The number of nitrogens with zero attached hydrogens (tertiary/aromatic N) is 1.